The number of phosphoric ester groups is 1. The molecule has 0 aliphatic carbocycles. The van der Waals surface area contributed by atoms with Gasteiger partial charge in [-0.3, -0.25) is 14.2 Å². The molecule has 0 bridgehead atoms. The van der Waals surface area contributed by atoms with Crippen molar-refractivity contribution < 1.29 is 37.3 Å². The number of hydrogen-bond donors (Lipinski definition) is 1. The van der Waals surface area contributed by atoms with Gasteiger partial charge in [-0.1, -0.05) is 225 Å². The summed E-state index contributed by atoms with van der Waals surface area (Å²) in [5.41, 5.74) is 0. The van der Waals surface area contributed by atoms with Gasteiger partial charge in [-0.25, -0.2) is 0 Å². The molecular formula is C55H107N2O7P. The van der Waals surface area contributed by atoms with Crippen molar-refractivity contribution in [1.82, 2.24) is 5.32 Å². The van der Waals surface area contributed by atoms with Crippen molar-refractivity contribution in [3.63, 3.8) is 0 Å². The molecule has 0 radical (unpaired) electrons. The molecule has 10 heteroatoms. The third-order valence-corrected chi connectivity index (χ3v) is 13.3. The van der Waals surface area contributed by atoms with E-state index in [-0.39, 0.29) is 31.5 Å². The van der Waals surface area contributed by atoms with Gasteiger partial charge >= 0.3 is 5.97 Å². The highest BCUT2D eigenvalue weighted by molar-refractivity contribution is 7.45. The van der Waals surface area contributed by atoms with Gasteiger partial charge in [0.25, 0.3) is 7.82 Å². The molecule has 3 unspecified atom stereocenters. The summed E-state index contributed by atoms with van der Waals surface area (Å²) in [5.74, 6) is -0.542. The molecule has 0 saturated heterocycles. The Hall–Kier alpha value is -1.51. The summed E-state index contributed by atoms with van der Waals surface area (Å²) in [7, 11) is 1.19. The van der Waals surface area contributed by atoms with E-state index < -0.39 is 20.0 Å². The zero-order valence-corrected chi connectivity index (χ0v) is 44.6. The maximum atomic E-state index is 13.4. The van der Waals surface area contributed by atoms with Crippen LogP contribution in [0.2, 0.25) is 0 Å². The molecule has 0 fully saturated rings. The summed E-state index contributed by atoms with van der Waals surface area (Å²) in [6.07, 6.45) is 51.4. The second-order valence-corrected chi connectivity index (χ2v) is 21.5. The number of nitrogens with one attached hydrogen (secondary N) is 1. The Morgan fingerprint density at radius 1 is 0.523 bits per heavy atom. The van der Waals surface area contributed by atoms with Crippen LogP contribution in [0.5, 0.6) is 0 Å². The first-order chi connectivity index (χ1) is 31.4. The molecule has 1 amide bonds. The molecule has 0 aromatic rings. The van der Waals surface area contributed by atoms with E-state index in [0.717, 1.165) is 83.5 Å². The Balaban J connectivity index is 5.37. The van der Waals surface area contributed by atoms with E-state index in [4.69, 9.17) is 13.8 Å². The van der Waals surface area contributed by atoms with Gasteiger partial charge in [-0.15, -0.1) is 0 Å². The van der Waals surface area contributed by atoms with E-state index in [9.17, 15) is 19.0 Å². The number of unbranched alkanes of at least 4 members (excludes halogenated alkanes) is 32. The number of quaternary nitrogens is 1. The monoisotopic (exact) mass is 939 g/mol. The van der Waals surface area contributed by atoms with E-state index in [1.807, 2.05) is 33.3 Å². The van der Waals surface area contributed by atoms with Crippen molar-refractivity contribution in [3.05, 3.63) is 24.3 Å². The van der Waals surface area contributed by atoms with Crippen LogP contribution in [0.25, 0.3) is 0 Å². The number of rotatable bonds is 50. The number of nitrogens with zero attached hydrogens (tertiary/aromatic N) is 1. The van der Waals surface area contributed by atoms with Crippen molar-refractivity contribution in [2.45, 2.75) is 277 Å². The molecule has 65 heavy (non-hydrogen) atoms. The SMILES string of the molecule is CCCC/C=C\CCCCCCCC(=O)NC(COP(=O)([O-])OCC[N+](C)(C)C)C(/C=C/CCCCCCCCCCCCC)OC(=O)CCCCCCCCCCCCCCCCC. The maximum Gasteiger partial charge on any atom is 0.306 e. The van der Waals surface area contributed by atoms with Crippen molar-refractivity contribution in [2.24, 2.45) is 0 Å². The molecule has 0 aromatic heterocycles. The second-order valence-electron chi connectivity index (χ2n) is 20.1. The van der Waals surface area contributed by atoms with Crippen molar-refractivity contribution in [1.29, 1.82) is 0 Å². The largest absolute Gasteiger partial charge is 0.756 e. The van der Waals surface area contributed by atoms with Crippen LogP contribution in [-0.2, 0) is 27.9 Å². The summed E-state index contributed by atoms with van der Waals surface area (Å²) in [6.45, 7) is 6.81. The first-order valence-electron chi connectivity index (χ1n) is 27.6. The number of amides is 1. The minimum atomic E-state index is -4.68. The zero-order valence-electron chi connectivity index (χ0n) is 43.7. The van der Waals surface area contributed by atoms with Gasteiger partial charge in [0, 0.05) is 12.8 Å². The first-order valence-corrected chi connectivity index (χ1v) is 29.1. The summed E-state index contributed by atoms with van der Waals surface area (Å²) in [4.78, 5) is 39.7. The summed E-state index contributed by atoms with van der Waals surface area (Å²) in [5, 5.41) is 3.01. The molecule has 0 saturated carbocycles. The van der Waals surface area contributed by atoms with Gasteiger partial charge in [0.1, 0.15) is 19.3 Å². The summed E-state index contributed by atoms with van der Waals surface area (Å²) >= 11 is 0. The predicted octanol–water partition coefficient (Wildman–Crippen LogP) is 15.6. The number of hydrogen-bond acceptors (Lipinski definition) is 7. The van der Waals surface area contributed by atoms with E-state index in [1.165, 1.54) is 148 Å². The van der Waals surface area contributed by atoms with Crippen LogP contribution in [0, 0.1) is 0 Å². The standard InChI is InChI=1S/C55H107N2O7P/c1-7-10-13-16-19-22-25-27-28-30-33-36-39-42-45-48-55(59)64-53(46-43-40-37-34-32-29-26-23-20-17-14-11-8-2)52(51-63-65(60,61)62-50-49-57(4,5)6)56-54(58)47-44-41-38-35-31-24-21-18-15-12-9-3/h18,21,43,46,52-53H,7-17,19-20,22-42,44-45,47-51H2,1-6H3,(H-,56,58,60,61)/b21-18-,46-43+. The Bertz CT molecular complexity index is 1170. The van der Waals surface area contributed by atoms with Gasteiger partial charge < -0.3 is 28.5 Å². The van der Waals surface area contributed by atoms with E-state index >= 15 is 0 Å². The van der Waals surface area contributed by atoms with E-state index in [2.05, 4.69) is 38.2 Å². The topological polar surface area (TPSA) is 114 Å². The Labute approximate surface area is 403 Å². The van der Waals surface area contributed by atoms with Crippen molar-refractivity contribution >= 4 is 19.7 Å². The molecule has 0 aliphatic rings. The van der Waals surface area contributed by atoms with Crippen LogP contribution >= 0.6 is 7.82 Å². The first kappa shape index (κ1) is 63.5. The smallest absolute Gasteiger partial charge is 0.306 e. The lowest BCUT2D eigenvalue weighted by atomic mass is 10.0. The van der Waals surface area contributed by atoms with Crippen LogP contribution in [0.4, 0.5) is 0 Å². The van der Waals surface area contributed by atoms with Gasteiger partial charge in [-0.05, 0) is 51.0 Å². The maximum absolute atomic E-state index is 13.4. The fraction of sp³-hybridized carbons (Fsp3) is 0.891. The Morgan fingerprint density at radius 3 is 1.35 bits per heavy atom. The van der Waals surface area contributed by atoms with Crippen LogP contribution < -0.4 is 10.2 Å². The normalized spacial score (nSPS) is 14.0. The molecular weight excluding hydrogens is 832 g/mol. The number of allylic oxidation sites excluding steroid dienone is 3. The van der Waals surface area contributed by atoms with Gasteiger partial charge in [0.05, 0.1) is 33.8 Å². The molecule has 0 aromatic carbocycles. The minimum Gasteiger partial charge on any atom is -0.756 e. The van der Waals surface area contributed by atoms with Gasteiger partial charge in [-0.2, -0.15) is 0 Å². The fourth-order valence-electron chi connectivity index (χ4n) is 8.03. The van der Waals surface area contributed by atoms with Crippen molar-refractivity contribution in [2.75, 3.05) is 40.9 Å². The summed E-state index contributed by atoms with van der Waals surface area (Å²) < 4.78 is 30.2. The van der Waals surface area contributed by atoms with Gasteiger partial charge in [0.2, 0.25) is 5.91 Å². The molecule has 0 aliphatic heterocycles. The third-order valence-electron chi connectivity index (χ3n) is 12.4. The number of likely N-dealkylation sites (N-methyl/N-ethyl adjacent to an activating group) is 1. The van der Waals surface area contributed by atoms with Gasteiger partial charge in [0.15, 0.2) is 0 Å². The molecule has 0 heterocycles. The van der Waals surface area contributed by atoms with Crippen LogP contribution in [0.1, 0.15) is 265 Å². The minimum absolute atomic E-state index is 0.0209. The number of esters is 1. The molecule has 1 N–H and O–H groups in total. The van der Waals surface area contributed by atoms with Crippen LogP contribution in [-0.4, -0.2) is 69.4 Å². The Morgan fingerprint density at radius 2 is 0.908 bits per heavy atom. The highest BCUT2D eigenvalue weighted by atomic mass is 31.2. The third kappa shape index (κ3) is 47.4. The highest BCUT2D eigenvalue weighted by Crippen LogP contribution is 2.38. The molecule has 0 rings (SSSR count). The molecule has 384 valence electrons. The molecule has 3 atom stereocenters. The lowest BCUT2D eigenvalue weighted by Crippen LogP contribution is -2.47. The van der Waals surface area contributed by atoms with Crippen LogP contribution in [0.3, 0.4) is 0 Å². The zero-order chi connectivity index (χ0) is 48.0. The number of carbonyl (C=O) groups excluding carboxylic acids is 2. The summed E-state index contributed by atoms with van der Waals surface area (Å²) in [6, 6.07) is -0.884. The lowest BCUT2D eigenvalue weighted by molar-refractivity contribution is -0.870. The number of phosphoric acid groups is 1. The second kappa shape index (κ2) is 46.2. The molecule has 0 spiro atoms. The van der Waals surface area contributed by atoms with Crippen molar-refractivity contribution in [3.8, 4) is 0 Å². The average Bonchev–Trinajstić information content (AvgIpc) is 3.26. The predicted molar refractivity (Wildman–Crippen MR) is 275 cm³/mol. The quantitative estimate of drug-likeness (QED) is 0.0212. The van der Waals surface area contributed by atoms with E-state index in [0.29, 0.717) is 17.4 Å². The van der Waals surface area contributed by atoms with E-state index in [1.54, 1.807) is 0 Å². The lowest BCUT2D eigenvalue weighted by Gasteiger charge is -2.30. The number of ether oxygens (including phenoxy) is 1. The average molecular weight is 939 g/mol. The van der Waals surface area contributed by atoms with Crippen LogP contribution in [0.15, 0.2) is 24.3 Å². The number of carbonyl (C=O) groups is 2. The molecule has 9 nitrogen and oxygen atoms in total. The highest BCUT2D eigenvalue weighted by Gasteiger charge is 2.27. The fourth-order valence-corrected chi connectivity index (χ4v) is 8.76. The Kier molecular flexibility index (Phi) is 45.2.